The Morgan fingerprint density at radius 1 is 0.867 bits per heavy atom. The van der Waals surface area contributed by atoms with Crippen LogP contribution in [0.5, 0.6) is 0 Å². The molecule has 4 heteroatoms. The second-order valence-corrected chi connectivity index (χ2v) is 4.49. The van der Waals surface area contributed by atoms with Crippen molar-refractivity contribution in [3.63, 3.8) is 0 Å². The predicted molar refractivity (Wildman–Crippen MR) is 60.9 cm³/mol. The molecule has 0 saturated carbocycles. The number of rotatable bonds is 4. The number of aliphatic hydroxyl groups is 2. The molecule has 0 radical (unpaired) electrons. The molecule has 2 N–H and O–H groups in total. The van der Waals surface area contributed by atoms with Crippen LogP contribution in [0, 0.1) is 0 Å². The molecule has 90 valence electrons. The van der Waals surface area contributed by atoms with E-state index in [0.717, 1.165) is 32.6 Å². The van der Waals surface area contributed by atoms with E-state index in [-0.39, 0.29) is 25.3 Å². The Bertz CT molecular complexity index is 160. The number of aliphatic hydroxyl groups excluding tert-OH is 2. The molecule has 1 rings (SSSR count). The van der Waals surface area contributed by atoms with Gasteiger partial charge in [-0.15, -0.1) is 0 Å². The maximum Gasteiger partial charge on any atom is 0.0584 e. The van der Waals surface area contributed by atoms with E-state index >= 15 is 0 Å². The molecule has 4 nitrogen and oxygen atoms in total. The molecule has 0 spiro atoms. The normalized spacial score (nSPS) is 24.8. The molecular weight excluding hydrogens is 192 g/mol. The summed E-state index contributed by atoms with van der Waals surface area (Å²) in [5, 5.41) is 18.2. The molecule has 1 aliphatic heterocycles. The van der Waals surface area contributed by atoms with Crippen LogP contribution in [0.2, 0.25) is 0 Å². The molecule has 1 heterocycles. The first-order valence-corrected chi connectivity index (χ1v) is 5.88. The van der Waals surface area contributed by atoms with E-state index in [1.165, 1.54) is 0 Å². The lowest BCUT2D eigenvalue weighted by atomic mass is 10.3. The summed E-state index contributed by atoms with van der Waals surface area (Å²) in [6.45, 7) is 8.67. The zero-order valence-electron chi connectivity index (χ0n) is 9.89. The van der Waals surface area contributed by atoms with Gasteiger partial charge < -0.3 is 10.2 Å². The first kappa shape index (κ1) is 12.9. The molecule has 0 aromatic heterocycles. The Balaban J connectivity index is 2.41. The fraction of sp³-hybridized carbons (Fsp3) is 1.00. The van der Waals surface area contributed by atoms with Crippen molar-refractivity contribution in [2.75, 3.05) is 39.4 Å². The monoisotopic (exact) mass is 216 g/mol. The average molecular weight is 216 g/mol. The van der Waals surface area contributed by atoms with Gasteiger partial charge in [-0.05, 0) is 33.4 Å². The van der Waals surface area contributed by atoms with E-state index in [4.69, 9.17) is 10.2 Å². The van der Waals surface area contributed by atoms with Crippen LogP contribution in [0.25, 0.3) is 0 Å². The molecule has 0 bridgehead atoms. The third-order valence-corrected chi connectivity index (χ3v) is 3.34. The van der Waals surface area contributed by atoms with Gasteiger partial charge >= 0.3 is 0 Å². The Labute approximate surface area is 92.5 Å². The fourth-order valence-corrected chi connectivity index (χ4v) is 2.07. The lowest BCUT2D eigenvalue weighted by molar-refractivity contribution is 0.119. The summed E-state index contributed by atoms with van der Waals surface area (Å²) in [5.41, 5.74) is 0. The largest absolute Gasteiger partial charge is 0.395 e. The van der Waals surface area contributed by atoms with Crippen LogP contribution >= 0.6 is 0 Å². The van der Waals surface area contributed by atoms with E-state index < -0.39 is 0 Å². The minimum absolute atomic E-state index is 0.232. The number of nitrogens with zero attached hydrogens (tertiary/aromatic N) is 2. The molecule has 1 saturated heterocycles. The van der Waals surface area contributed by atoms with E-state index in [1.54, 1.807) is 0 Å². The average Bonchev–Trinajstić information content (AvgIpc) is 2.52. The van der Waals surface area contributed by atoms with Gasteiger partial charge in [-0.1, -0.05) is 0 Å². The summed E-state index contributed by atoms with van der Waals surface area (Å²) >= 11 is 0. The smallest absolute Gasteiger partial charge is 0.0584 e. The molecule has 0 amide bonds. The Hall–Kier alpha value is -0.160. The molecule has 1 aliphatic rings. The lowest BCUT2D eigenvalue weighted by Gasteiger charge is -2.28. The van der Waals surface area contributed by atoms with Crippen molar-refractivity contribution in [1.29, 1.82) is 0 Å². The molecule has 0 aliphatic carbocycles. The third-order valence-electron chi connectivity index (χ3n) is 3.34. The van der Waals surface area contributed by atoms with E-state index in [9.17, 15) is 0 Å². The quantitative estimate of drug-likeness (QED) is 0.681. The van der Waals surface area contributed by atoms with Crippen LogP contribution in [0.4, 0.5) is 0 Å². The highest BCUT2D eigenvalue weighted by molar-refractivity contribution is 4.76. The van der Waals surface area contributed by atoms with Crippen molar-refractivity contribution in [2.45, 2.75) is 32.4 Å². The summed E-state index contributed by atoms with van der Waals surface area (Å²) in [6.07, 6.45) is 1.12. The number of hydrogen-bond donors (Lipinski definition) is 2. The standard InChI is InChI=1S/C11H24N2O2/c1-10(8-14)12-4-3-5-13(7-6-12)11(2)9-15/h10-11,14-15H,3-9H2,1-2H3. The molecule has 15 heavy (non-hydrogen) atoms. The Morgan fingerprint density at radius 2 is 1.27 bits per heavy atom. The predicted octanol–water partition coefficient (Wildman–Crippen LogP) is -0.244. The Kier molecular flexibility index (Phi) is 5.53. The van der Waals surface area contributed by atoms with Crippen LogP contribution in [-0.2, 0) is 0 Å². The SMILES string of the molecule is CC(CO)N1CCCN(C(C)CO)CC1. The minimum atomic E-state index is 0.232. The molecule has 1 fully saturated rings. The van der Waals surface area contributed by atoms with Crippen LogP contribution in [0.15, 0.2) is 0 Å². The minimum Gasteiger partial charge on any atom is -0.395 e. The van der Waals surface area contributed by atoms with Gasteiger partial charge in [0.05, 0.1) is 13.2 Å². The summed E-state index contributed by atoms with van der Waals surface area (Å²) in [5.74, 6) is 0. The molecular formula is C11H24N2O2. The highest BCUT2D eigenvalue weighted by Gasteiger charge is 2.20. The highest BCUT2D eigenvalue weighted by Crippen LogP contribution is 2.09. The van der Waals surface area contributed by atoms with E-state index in [2.05, 4.69) is 23.6 Å². The van der Waals surface area contributed by atoms with Gasteiger partial charge in [0.15, 0.2) is 0 Å². The summed E-state index contributed by atoms with van der Waals surface area (Å²) < 4.78 is 0. The Morgan fingerprint density at radius 3 is 1.60 bits per heavy atom. The van der Waals surface area contributed by atoms with Gasteiger partial charge in [0.1, 0.15) is 0 Å². The van der Waals surface area contributed by atoms with Gasteiger partial charge in [0.2, 0.25) is 0 Å². The first-order chi connectivity index (χ1) is 7.19. The van der Waals surface area contributed by atoms with E-state index in [0.29, 0.717) is 0 Å². The number of hydrogen-bond acceptors (Lipinski definition) is 4. The van der Waals surface area contributed by atoms with Gasteiger partial charge in [0, 0.05) is 25.2 Å². The highest BCUT2D eigenvalue weighted by atomic mass is 16.3. The summed E-state index contributed by atoms with van der Waals surface area (Å²) in [4.78, 5) is 4.65. The second-order valence-electron chi connectivity index (χ2n) is 4.49. The fourth-order valence-electron chi connectivity index (χ4n) is 2.07. The van der Waals surface area contributed by atoms with Gasteiger partial charge in [-0.3, -0.25) is 9.80 Å². The van der Waals surface area contributed by atoms with Crippen LogP contribution in [0.1, 0.15) is 20.3 Å². The molecule has 2 atom stereocenters. The van der Waals surface area contributed by atoms with Crippen molar-refractivity contribution in [2.24, 2.45) is 0 Å². The van der Waals surface area contributed by atoms with Crippen molar-refractivity contribution in [1.82, 2.24) is 9.80 Å². The third kappa shape index (κ3) is 3.72. The van der Waals surface area contributed by atoms with Gasteiger partial charge in [-0.2, -0.15) is 0 Å². The molecule has 0 aromatic carbocycles. The lowest BCUT2D eigenvalue weighted by Crippen LogP contribution is -2.41. The maximum atomic E-state index is 9.10. The van der Waals surface area contributed by atoms with Crippen molar-refractivity contribution < 1.29 is 10.2 Å². The van der Waals surface area contributed by atoms with Crippen LogP contribution < -0.4 is 0 Å². The maximum absolute atomic E-state index is 9.10. The van der Waals surface area contributed by atoms with Crippen LogP contribution in [-0.4, -0.2) is 71.5 Å². The van der Waals surface area contributed by atoms with Crippen LogP contribution in [0.3, 0.4) is 0 Å². The zero-order valence-corrected chi connectivity index (χ0v) is 9.89. The topological polar surface area (TPSA) is 46.9 Å². The van der Waals surface area contributed by atoms with Crippen molar-refractivity contribution in [3.8, 4) is 0 Å². The van der Waals surface area contributed by atoms with Gasteiger partial charge in [0.25, 0.3) is 0 Å². The molecule has 0 aromatic rings. The van der Waals surface area contributed by atoms with Crippen molar-refractivity contribution >= 4 is 0 Å². The zero-order chi connectivity index (χ0) is 11.3. The van der Waals surface area contributed by atoms with Crippen molar-refractivity contribution in [3.05, 3.63) is 0 Å². The van der Waals surface area contributed by atoms with E-state index in [1.807, 2.05) is 0 Å². The molecule has 2 unspecified atom stereocenters. The summed E-state index contributed by atoms with van der Waals surface area (Å²) in [6, 6.07) is 0.517. The second kappa shape index (κ2) is 6.43. The summed E-state index contributed by atoms with van der Waals surface area (Å²) in [7, 11) is 0. The first-order valence-electron chi connectivity index (χ1n) is 5.88. The van der Waals surface area contributed by atoms with Gasteiger partial charge in [-0.25, -0.2) is 0 Å².